The van der Waals surface area contributed by atoms with Gasteiger partial charge in [0.2, 0.25) is 0 Å². The van der Waals surface area contributed by atoms with E-state index in [0.717, 1.165) is 29.3 Å². The molecule has 1 fully saturated rings. The summed E-state index contributed by atoms with van der Waals surface area (Å²) < 4.78 is 3.64. The molecule has 0 saturated carbocycles. The minimum Gasteiger partial charge on any atom is -0.354 e. The fourth-order valence-corrected chi connectivity index (χ4v) is 2.99. The van der Waals surface area contributed by atoms with Crippen LogP contribution in [0.2, 0.25) is 0 Å². The molecule has 6 heteroatoms. The average Bonchev–Trinajstić information content (AvgIpc) is 3.17. The number of fused-ring (bicyclic) bond motifs is 1. The van der Waals surface area contributed by atoms with Crippen molar-refractivity contribution in [2.24, 2.45) is 0 Å². The molecule has 3 aromatic rings. The molecular weight excluding hydrogens is 264 g/mol. The summed E-state index contributed by atoms with van der Waals surface area (Å²) in [7, 11) is 0. The van der Waals surface area contributed by atoms with E-state index in [2.05, 4.69) is 22.0 Å². The van der Waals surface area contributed by atoms with Gasteiger partial charge in [0.05, 0.1) is 12.4 Å². The Labute approximate surface area is 123 Å². The van der Waals surface area contributed by atoms with Crippen LogP contribution in [0.25, 0.3) is 11.3 Å². The molecule has 0 amide bonds. The standard InChI is InChI=1S/C15H18N6/c1-11-8-16-21(10-11)13-9-17-20-7-5-14(18-15(13)20)19-6-3-4-12(19)2/h5,7-10,12H,3-4,6H2,1-2H3/t12-/m0/s1. The molecule has 6 nitrogen and oxygen atoms in total. The lowest BCUT2D eigenvalue weighted by Gasteiger charge is -2.22. The third-order valence-electron chi connectivity index (χ3n) is 4.14. The summed E-state index contributed by atoms with van der Waals surface area (Å²) in [6, 6.07) is 2.60. The number of hydrogen-bond acceptors (Lipinski definition) is 4. The molecule has 1 atom stereocenters. The van der Waals surface area contributed by atoms with Gasteiger partial charge in [0.25, 0.3) is 0 Å². The molecule has 21 heavy (non-hydrogen) atoms. The maximum absolute atomic E-state index is 4.82. The van der Waals surface area contributed by atoms with Gasteiger partial charge in [-0.3, -0.25) is 0 Å². The number of hydrogen-bond donors (Lipinski definition) is 0. The Morgan fingerprint density at radius 3 is 2.86 bits per heavy atom. The van der Waals surface area contributed by atoms with Crippen LogP contribution >= 0.6 is 0 Å². The number of anilines is 1. The molecule has 4 rings (SSSR count). The van der Waals surface area contributed by atoms with Crippen molar-refractivity contribution in [2.75, 3.05) is 11.4 Å². The van der Waals surface area contributed by atoms with Crippen molar-refractivity contribution < 1.29 is 0 Å². The zero-order valence-corrected chi connectivity index (χ0v) is 12.3. The Hall–Kier alpha value is -2.37. The van der Waals surface area contributed by atoms with Gasteiger partial charge in [-0.15, -0.1) is 0 Å². The molecule has 1 aliphatic rings. The first-order chi connectivity index (χ1) is 10.2. The van der Waals surface area contributed by atoms with E-state index in [1.165, 1.54) is 12.8 Å². The smallest absolute Gasteiger partial charge is 0.183 e. The van der Waals surface area contributed by atoms with Crippen LogP contribution in [-0.2, 0) is 0 Å². The minimum atomic E-state index is 0.554. The van der Waals surface area contributed by atoms with Gasteiger partial charge < -0.3 is 4.90 Å². The fraction of sp³-hybridized carbons (Fsp3) is 0.400. The van der Waals surface area contributed by atoms with Gasteiger partial charge >= 0.3 is 0 Å². The Morgan fingerprint density at radius 2 is 2.14 bits per heavy atom. The molecule has 0 N–H and O–H groups in total. The quantitative estimate of drug-likeness (QED) is 0.723. The van der Waals surface area contributed by atoms with E-state index < -0.39 is 0 Å². The predicted molar refractivity (Wildman–Crippen MR) is 80.9 cm³/mol. The first kappa shape index (κ1) is 12.4. The van der Waals surface area contributed by atoms with Crippen LogP contribution in [0.15, 0.2) is 30.9 Å². The molecule has 1 aliphatic heterocycles. The van der Waals surface area contributed by atoms with Crippen LogP contribution in [0.1, 0.15) is 25.3 Å². The number of nitrogens with zero attached hydrogens (tertiary/aromatic N) is 6. The third kappa shape index (κ3) is 1.98. The molecular formula is C15H18N6. The minimum absolute atomic E-state index is 0.554. The molecule has 1 saturated heterocycles. The summed E-state index contributed by atoms with van der Waals surface area (Å²) in [6.45, 7) is 5.36. The maximum atomic E-state index is 4.82. The van der Waals surface area contributed by atoms with Crippen LogP contribution in [-0.4, -0.2) is 37.0 Å². The molecule has 0 aliphatic carbocycles. The van der Waals surface area contributed by atoms with E-state index in [0.29, 0.717) is 6.04 Å². The fourth-order valence-electron chi connectivity index (χ4n) is 2.99. The predicted octanol–water partition coefficient (Wildman–Crippen LogP) is 2.21. The summed E-state index contributed by atoms with van der Waals surface area (Å²) in [5.74, 6) is 1.03. The summed E-state index contributed by atoms with van der Waals surface area (Å²) in [5, 5.41) is 8.73. The highest BCUT2D eigenvalue weighted by molar-refractivity contribution is 5.61. The van der Waals surface area contributed by atoms with Gasteiger partial charge in [0.1, 0.15) is 11.5 Å². The molecule has 0 unspecified atom stereocenters. The van der Waals surface area contributed by atoms with Crippen molar-refractivity contribution in [3.8, 4) is 5.69 Å². The van der Waals surface area contributed by atoms with Crippen LogP contribution in [0.5, 0.6) is 0 Å². The van der Waals surface area contributed by atoms with E-state index in [4.69, 9.17) is 4.98 Å². The van der Waals surface area contributed by atoms with Crippen LogP contribution in [0.3, 0.4) is 0 Å². The van der Waals surface area contributed by atoms with Crippen LogP contribution < -0.4 is 4.90 Å². The van der Waals surface area contributed by atoms with E-state index >= 15 is 0 Å². The Kier molecular flexibility index (Phi) is 2.70. The average molecular weight is 282 g/mol. The van der Waals surface area contributed by atoms with E-state index in [9.17, 15) is 0 Å². The van der Waals surface area contributed by atoms with Gasteiger partial charge in [-0.05, 0) is 38.3 Å². The number of aryl methyl sites for hydroxylation is 1. The highest BCUT2D eigenvalue weighted by atomic mass is 15.3. The highest BCUT2D eigenvalue weighted by Gasteiger charge is 2.22. The summed E-state index contributed by atoms with van der Waals surface area (Å²) >= 11 is 0. The van der Waals surface area contributed by atoms with Gasteiger partial charge in [0.15, 0.2) is 5.65 Å². The van der Waals surface area contributed by atoms with E-state index in [1.54, 1.807) is 4.52 Å². The van der Waals surface area contributed by atoms with Crippen molar-refractivity contribution in [1.29, 1.82) is 0 Å². The summed E-state index contributed by atoms with van der Waals surface area (Å²) in [5.41, 5.74) is 2.88. The van der Waals surface area contributed by atoms with Gasteiger partial charge in [-0.2, -0.15) is 10.2 Å². The van der Waals surface area contributed by atoms with Crippen LogP contribution in [0, 0.1) is 6.92 Å². The molecule has 4 heterocycles. The third-order valence-corrected chi connectivity index (χ3v) is 4.14. The van der Waals surface area contributed by atoms with Crippen LogP contribution in [0.4, 0.5) is 5.82 Å². The maximum Gasteiger partial charge on any atom is 0.183 e. The number of aromatic nitrogens is 5. The lowest BCUT2D eigenvalue weighted by Crippen LogP contribution is -2.27. The van der Waals surface area contributed by atoms with Crippen molar-refractivity contribution >= 4 is 11.5 Å². The highest BCUT2D eigenvalue weighted by Crippen LogP contribution is 2.25. The van der Waals surface area contributed by atoms with Gasteiger partial charge in [0, 0.05) is 25.0 Å². The molecule has 0 bridgehead atoms. The molecule has 0 radical (unpaired) electrons. The number of rotatable bonds is 2. The first-order valence-corrected chi connectivity index (χ1v) is 7.35. The first-order valence-electron chi connectivity index (χ1n) is 7.35. The molecule has 0 aromatic carbocycles. The monoisotopic (exact) mass is 282 g/mol. The SMILES string of the molecule is Cc1cnn(-c2cnn3ccc(N4CCC[C@@H]4C)nc23)c1. The lowest BCUT2D eigenvalue weighted by molar-refractivity contribution is 0.726. The van der Waals surface area contributed by atoms with Crippen molar-refractivity contribution in [1.82, 2.24) is 24.4 Å². The largest absolute Gasteiger partial charge is 0.354 e. The van der Waals surface area contributed by atoms with Crippen molar-refractivity contribution in [3.05, 3.63) is 36.4 Å². The topological polar surface area (TPSA) is 51.3 Å². The van der Waals surface area contributed by atoms with Crippen molar-refractivity contribution in [2.45, 2.75) is 32.7 Å². The van der Waals surface area contributed by atoms with Gasteiger partial charge in [-0.1, -0.05) is 0 Å². The molecule has 3 aromatic heterocycles. The van der Waals surface area contributed by atoms with E-state index in [1.807, 2.05) is 42.5 Å². The van der Waals surface area contributed by atoms with Gasteiger partial charge in [-0.25, -0.2) is 14.2 Å². The zero-order valence-electron chi connectivity index (χ0n) is 12.3. The normalized spacial score (nSPS) is 18.8. The second-order valence-electron chi connectivity index (χ2n) is 5.73. The molecule has 108 valence electrons. The Morgan fingerprint density at radius 1 is 1.24 bits per heavy atom. The second-order valence-corrected chi connectivity index (χ2v) is 5.73. The Balaban J connectivity index is 1.82. The molecule has 0 spiro atoms. The van der Waals surface area contributed by atoms with Crippen molar-refractivity contribution in [3.63, 3.8) is 0 Å². The summed E-state index contributed by atoms with van der Waals surface area (Å²) in [4.78, 5) is 7.18. The van der Waals surface area contributed by atoms with E-state index in [-0.39, 0.29) is 0 Å². The summed E-state index contributed by atoms with van der Waals surface area (Å²) in [6.07, 6.45) is 10.1. The Bertz CT molecular complexity index is 786. The zero-order chi connectivity index (χ0) is 14.4. The lowest BCUT2D eigenvalue weighted by atomic mass is 10.2. The second kappa shape index (κ2) is 4.58.